The summed E-state index contributed by atoms with van der Waals surface area (Å²) in [6.07, 6.45) is -8.40. The maximum Gasteiger partial charge on any atom is 0.573 e. The van der Waals surface area contributed by atoms with Crippen LogP contribution in [0.5, 0.6) is 5.75 Å². The van der Waals surface area contributed by atoms with Gasteiger partial charge in [0.15, 0.2) is 5.96 Å². The number of nitrogens with one attached hydrogen (secondary N) is 1. The molecule has 27 heavy (non-hydrogen) atoms. The predicted molar refractivity (Wildman–Crippen MR) is 99.3 cm³/mol. The number of guanidine groups is 1. The monoisotopic (exact) mass is 512 g/mol. The van der Waals surface area contributed by atoms with Gasteiger partial charge in [-0.05, 0) is 43.1 Å². The molecule has 0 amide bonds. The molecule has 2 rings (SSSR count). The molecule has 1 fully saturated rings. The second-order valence-corrected chi connectivity index (χ2v) is 5.93. The summed E-state index contributed by atoms with van der Waals surface area (Å²) >= 11 is 0. The van der Waals surface area contributed by atoms with Crippen molar-refractivity contribution in [1.29, 1.82) is 0 Å². The number of alkyl halides is 6. The van der Waals surface area contributed by atoms with E-state index in [-0.39, 0.29) is 48.1 Å². The highest BCUT2D eigenvalue weighted by Crippen LogP contribution is 2.24. The number of likely N-dealkylation sites (tertiary alicyclic amines) is 1. The summed E-state index contributed by atoms with van der Waals surface area (Å²) < 4.78 is 77.0. The molecule has 1 aliphatic heterocycles. The number of nitrogens with zero attached hydrogens (tertiary/aromatic N) is 2. The third-order valence-electron chi connectivity index (χ3n) is 3.65. The van der Waals surface area contributed by atoms with Crippen molar-refractivity contribution >= 4 is 35.6 Å². The quantitative estimate of drug-likeness (QED) is 0.273. The zero-order chi connectivity index (χ0) is 19.4. The summed E-state index contributed by atoms with van der Waals surface area (Å²) in [6.45, 7) is -0.0246. The van der Waals surface area contributed by atoms with Gasteiger partial charge in [-0.25, -0.2) is 0 Å². The van der Waals surface area contributed by atoms with Gasteiger partial charge >= 0.3 is 12.5 Å². The fourth-order valence-electron chi connectivity index (χ4n) is 2.61. The van der Waals surface area contributed by atoms with Gasteiger partial charge in [-0.15, -0.1) is 37.1 Å². The highest BCUT2D eigenvalue weighted by Gasteiger charge is 2.34. The maximum atomic E-state index is 12.3. The fourth-order valence-corrected chi connectivity index (χ4v) is 2.61. The average Bonchev–Trinajstić information content (AvgIpc) is 2.91. The molecule has 1 saturated heterocycles. The van der Waals surface area contributed by atoms with Crippen molar-refractivity contribution in [2.24, 2.45) is 16.6 Å². The molecule has 1 aromatic carbocycles. The van der Waals surface area contributed by atoms with Crippen LogP contribution >= 0.6 is 24.0 Å². The lowest BCUT2D eigenvalue weighted by Gasteiger charge is -2.17. The SMILES string of the molecule is I.NC(=NCC1CCN(CC(F)(F)F)C1)Nc1ccc(OC(F)(F)F)cc1. The molecule has 5 nitrogen and oxygen atoms in total. The van der Waals surface area contributed by atoms with Crippen LogP contribution < -0.4 is 15.8 Å². The number of ether oxygens (including phenoxy) is 1. The Balaban J connectivity index is 0.00000364. The number of benzene rings is 1. The summed E-state index contributed by atoms with van der Waals surface area (Å²) in [6, 6.07) is 4.92. The third-order valence-corrected chi connectivity index (χ3v) is 3.65. The first kappa shape index (κ1) is 23.6. The largest absolute Gasteiger partial charge is 0.573 e. The molecule has 0 aliphatic carbocycles. The van der Waals surface area contributed by atoms with Gasteiger partial charge in [-0.2, -0.15) is 13.2 Å². The van der Waals surface area contributed by atoms with Crippen LogP contribution in [0, 0.1) is 5.92 Å². The molecule has 1 aromatic rings. The second-order valence-electron chi connectivity index (χ2n) is 5.93. The first-order valence-corrected chi connectivity index (χ1v) is 7.72. The van der Waals surface area contributed by atoms with Gasteiger partial charge in [-0.3, -0.25) is 9.89 Å². The first-order valence-electron chi connectivity index (χ1n) is 7.72. The molecule has 0 aromatic heterocycles. The van der Waals surface area contributed by atoms with Gasteiger partial charge < -0.3 is 15.8 Å². The molecule has 1 atom stereocenters. The van der Waals surface area contributed by atoms with Gasteiger partial charge in [-0.1, -0.05) is 0 Å². The zero-order valence-electron chi connectivity index (χ0n) is 14.0. The minimum absolute atomic E-state index is 0. The maximum absolute atomic E-state index is 12.3. The van der Waals surface area contributed by atoms with Crippen LogP contribution in [0.3, 0.4) is 0 Å². The van der Waals surface area contributed by atoms with Crippen LogP contribution in [0.25, 0.3) is 0 Å². The predicted octanol–water partition coefficient (Wildman–Crippen LogP) is 3.81. The Morgan fingerprint density at radius 3 is 2.37 bits per heavy atom. The van der Waals surface area contributed by atoms with E-state index in [4.69, 9.17) is 5.73 Å². The Bertz CT molecular complexity index is 620. The third kappa shape index (κ3) is 9.35. The summed E-state index contributed by atoms with van der Waals surface area (Å²) in [7, 11) is 0. The molecule has 0 saturated carbocycles. The van der Waals surface area contributed by atoms with Crippen molar-refractivity contribution in [1.82, 2.24) is 4.90 Å². The van der Waals surface area contributed by atoms with E-state index in [2.05, 4.69) is 15.0 Å². The lowest BCUT2D eigenvalue weighted by atomic mass is 10.1. The highest BCUT2D eigenvalue weighted by atomic mass is 127. The minimum Gasteiger partial charge on any atom is -0.406 e. The van der Waals surface area contributed by atoms with Crippen LogP contribution in [0.15, 0.2) is 29.3 Å². The molecular weight excluding hydrogens is 493 g/mol. The molecule has 0 bridgehead atoms. The molecule has 0 radical (unpaired) electrons. The fraction of sp³-hybridized carbons (Fsp3) is 0.533. The van der Waals surface area contributed by atoms with Crippen molar-refractivity contribution in [2.75, 3.05) is 31.5 Å². The van der Waals surface area contributed by atoms with Crippen LogP contribution in [0.4, 0.5) is 32.0 Å². The summed E-state index contributed by atoms with van der Waals surface area (Å²) in [5, 5.41) is 2.70. The number of anilines is 1. The Kier molecular flexibility index (Phi) is 8.45. The van der Waals surface area contributed by atoms with Gasteiger partial charge in [0.05, 0.1) is 6.54 Å². The second kappa shape index (κ2) is 9.66. The summed E-state index contributed by atoms with van der Waals surface area (Å²) in [5.74, 6) is -0.363. The normalized spacial score (nSPS) is 18.9. The zero-order valence-corrected chi connectivity index (χ0v) is 16.3. The van der Waals surface area contributed by atoms with Crippen LogP contribution in [0.1, 0.15) is 6.42 Å². The lowest BCUT2D eigenvalue weighted by molar-refractivity contribution is -0.274. The number of aliphatic imine (C=N–C) groups is 1. The summed E-state index contributed by atoms with van der Waals surface area (Å²) in [4.78, 5) is 5.40. The highest BCUT2D eigenvalue weighted by molar-refractivity contribution is 14.0. The van der Waals surface area contributed by atoms with Gasteiger partial charge in [0.25, 0.3) is 0 Å². The van der Waals surface area contributed by atoms with Crippen LogP contribution in [0.2, 0.25) is 0 Å². The molecule has 3 N–H and O–H groups in total. The van der Waals surface area contributed by atoms with E-state index in [9.17, 15) is 26.3 Å². The molecular formula is C15H19F6IN4O. The Morgan fingerprint density at radius 2 is 1.81 bits per heavy atom. The smallest absolute Gasteiger partial charge is 0.406 e. The van der Waals surface area contributed by atoms with E-state index in [1.54, 1.807) is 0 Å². The first-order chi connectivity index (χ1) is 12.0. The lowest BCUT2D eigenvalue weighted by Crippen LogP contribution is -2.32. The topological polar surface area (TPSA) is 62.9 Å². The van der Waals surface area contributed by atoms with Crippen molar-refractivity contribution in [2.45, 2.75) is 19.0 Å². The van der Waals surface area contributed by atoms with E-state index >= 15 is 0 Å². The number of hydrogen-bond acceptors (Lipinski definition) is 3. The van der Waals surface area contributed by atoms with E-state index in [1.807, 2.05) is 0 Å². The number of halogens is 7. The molecule has 1 heterocycles. The van der Waals surface area contributed by atoms with E-state index in [0.717, 1.165) is 12.1 Å². The van der Waals surface area contributed by atoms with Crippen LogP contribution in [-0.4, -0.2) is 49.6 Å². The van der Waals surface area contributed by atoms with Crippen molar-refractivity contribution < 1.29 is 31.1 Å². The van der Waals surface area contributed by atoms with Gasteiger partial charge in [0, 0.05) is 18.8 Å². The summed E-state index contributed by atoms with van der Waals surface area (Å²) in [5.41, 5.74) is 6.10. The molecule has 1 unspecified atom stereocenters. The van der Waals surface area contributed by atoms with E-state index in [1.165, 1.54) is 17.0 Å². The number of hydrogen-bond donors (Lipinski definition) is 2. The van der Waals surface area contributed by atoms with Crippen molar-refractivity contribution in [3.05, 3.63) is 24.3 Å². The average molecular weight is 512 g/mol. The number of nitrogens with two attached hydrogens (primary N) is 1. The number of rotatable bonds is 5. The van der Waals surface area contributed by atoms with Crippen molar-refractivity contribution in [3.63, 3.8) is 0 Å². The molecule has 1 aliphatic rings. The molecule has 0 spiro atoms. The van der Waals surface area contributed by atoms with Crippen molar-refractivity contribution in [3.8, 4) is 5.75 Å². The Morgan fingerprint density at radius 1 is 1.19 bits per heavy atom. The minimum atomic E-state index is -4.77. The van der Waals surface area contributed by atoms with E-state index < -0.39 is 19.1 Å². The molecule has 154 valence electrons. The molecule has 12 heteroatoms. The van der Waals surface area contributed by atoms with Gasteiger partial charge in [0.2, 0.25) is 0 Å². The van der Waals surface area contributed by atoms with Gasteiger partial charge in [0.1, 0.15) is 5.75 Å². The van der Waals surface area contributed by atoms with E-state index in [0.29, 0.717) is 25.2 Å². The Hall–Kier alpha value is -1.44. The Labute approximate surface area is 169 Å². The van der Waals surface area contributed by atoms with Crippen LogP contribution in [-0.2, 0) is 0 Å². The standard InChI is InChI=1S/C15H18F6N4O.HI/c16-14(17,18)9-25-6-5-10(8-25)7-23-13(22)24-11-1-3-12(4-2-11)26-15(19,20)21;/h1-4,10H,5-9H2,(H3,22,23,24);1H.